The molecule has 0 aliphatic carbocycles. The number of aliphatic hydroxyl groups is 2. The predicted octanol–water partition coefficient (Wildman–Crippen LogP) is 20.0. The summed E-state index contributed by atoms with van der Waals surface area (Å²) in [6.07, 6.45) is 13.6. The number of hydrogen-bond donors (Lipinski definition) is 3. The summed E-state index contributed by atoms with van der Waals surface area (Å²) in [6, 6.07) is 47.0. The van der Waals surface area contributed by atoms with Crippen molar-refractivity contribution in [2.45, 2.75) is 181 Å². The lowest BCUT2D eigenvalue weighted by Crippen LogP contribution is -2.45. The molecule has 3 N–H and O–H groups in total. The van der Waals surface area contributed by atoms with Gasteiger partial charge in [0.2, 0.25) is 0 Å². The monoisotopic (exact) mass is 1790 g/mol. The van der Waals surface area contributed by atoms with E-state index in [2.05, 4.69) is 138 Å². The van der Waals surface area contributed by atoms with E-state index in [-0.39, 0.29) is 47.0 Å². The number of benzene rings is 4. The molecule has 5 unspecified atom stereocenters. The molecule has 5 aliphatic rings. The molecule has 0 saturated carbocycles. The molecule has 0 spiro atoms. The van der Waals surface area contributed by atoms with Gasteiger partial charge in [0.05, 0.1) is 102 Å². The van der Waals surface area contributed by atoms with Crippen LogP contribution in [0.1, 0.15) is 114 Å². The first-order valence-corrected chi connectivity index (χ1v) is 51.2. The Hall–Kier alpha value is -11.1. The van der Waals surface area contributed by atoms with E-state index in [1.54, 1.807) is 12.1 Å². The minimum absolute atomic E-state index is 0.0158. The lowest BCUT2D eigenvalue weighted by Gasteiger charge is -2.39. The summed E-state index contributed by atoms with van der Waals surface area (Å²) in [5, 5.41) is 32.6. The molecule has 13 heterocycles. The molecule has 5 atom stereocenters. The van der Waals surface area contributed by atoms with Gasteiger partial charge in [0.25, 0.3) is 0 Å². The Labute approximate surface area is 761 Å². The molecule has 28 heteroatoms. The molecular formula is C101H130N12O14Si2. The molecule has 1 saturated heterocycles. The number of nitrogens with zero attached hydrogens (tertiary/aromatic N) is 12. The van der Waals surface area contributed by atoms with Crippen molar-refractivity contribution in [3.8, 4) is 91.0 Å². The number of aliphatic hydroxyl groups excluding tert-OH is 2. The van der Waals surface area contributed by atoms with Crippen LogP contribution in [0.2, 0.25) is 36.3 Å². The van der Waals surface area contributed by atoms with Crippen molar-refractivity contribution >= 4 is 83.5 Å². The van der Waals surface area contributed by atoms with E-state index >= 15 is 0 Å². The fourth-order valence-corrected chi connectivity index (χ4v) is 17.3. The maximum absolute atomic E-state index is 9.64. The van der Waals surface area contributed by atoms with Crippen molar-refractivity contribution in [2.24, 2.45) is 0 Å². The van der Waals surface area contributed by atoms with Crippen LogP contribution in [0.15, 0.2) is 170 Å². The highest BCUT2D eigenvalue weighted by Gasteiger charge is 2.40. The summed E-state index contributed by atoms with van der Waals surface area (Å²) in [4.78, 5) is 45.7. The Bertz CT molecular complexity index is 5750. The van der Waals surface area contributed by atoms with E-state index in [9.17, 15) is 10.2 Å². The molecule has 129 heavy (non-hydrogen) atoms. The zero-order valence-electron chi connectivity index (χ0n) is 78.4. The molecule has 0 bridgehead atoms. The summed E-state index contributed by atoms with van der Waals surface area (Å²) in [6.45, 7) is 39.0. The number of aromatic hydroxyl groups is 1. The normalized spacial score (nSPS) is 15.9. The van der Waals surface area contributed by atoms with Crippen LogP contribution in [0.4, 0.5) is 23.3 Å². The Morgan fingerprint density at radius 1 is 0.403 bits per heavy atom. The van der Waals surface area contributed by atoms with Gasteiger partial charge >= 0.3 is 0 Å². The molecule has 5 aliphatic heterocycles. The number of rotatable bonds is 24. The molecule has 26 nitrogen and oxygen atoms in total. The third-order valence-corrected chi connectivity index (χ3v) is 33.8. The van der Waals surface area contributed by atoms with E-state index in [4.69, 9.17) is 71.5 Å². The van der Waals surface area contributed by atoms with Crippen LogP contribution in [0, 0.1) is 0 Å². The van der Waals surface area contributed by atoms with Crippen LogP contribution < -0.4 is 52.8 Å². The number of phenols is 1. The Kier molecular flexibility index (Phi) is 31.9. The van der Waals surface area contributed by atoms with Gasteiger partial charge in [-0.1, -0.05) is 93.5 Å². The molecular weight excluding hydrogens is 1660 g/mol. The number of hydrogen-bond acceptors (Lipinski definition) is 26. The van der Waals surface area contributed by atoms with Crippen LogP contribution in [-0.4, -0.2) is 216 Å². The maximum atomic E-state index is 9.64. The average Bonchev–Trinajstić information content (AvgIpc) is 0.799. The van der Waals surface area contributed by atoms with Crippen LogP contribution in [0.3, 0.4) is 0 Å². The van der Waals surface area contributed by atoms with Crippen molar-refractivity contribution in [2.75, 3.05) is 133 Å². The molecule has 4 aromatic carbocycles. The van der Waals surface area contributed by atoms with Gasteiger partial charge in [-0.3, -0.25) is 0 Å². The zero-order chi connectivity index (χ0) is 91.7. The second-order valence-electron chi connectivity index (χ2n) is 36.4. The van der Waals surface area contributed by atoms with E-state index in [1.807, 2.05) is 188 Å². The molecule has 12 aromatic rings. The quantitative estimate of drug-likeness (QED) is 0.0474. The van der Waals surface area contributed by atoms with E-state index in [0.29, 0.717) is 52.7 Å². The van der Waals surface area contributed by atoms with Crippen LogP contribution in [0.25, 0.3) is 88.6 Å². The minimum Gasteiger partial charge on any atom is -0.508 e. The second kappa shape index (κ2) is 43.1. The molecule has 1 fully saturated rings. The maximum Gasteiger partial charge on any atom is 0.192 e. The molecule has 0 radical (unpaired) electrons. The topological polar surface area (TPSA) is 278 Å². The first-order valence-electron chi connectivity index (χ1n) is 45.3. The molecule has 0 amide bonds. The van der Waals surface area contributed by atoms with Crippen molar-refractivity contribution < 1.29 is 66.8 Å². The highest BCUT2D eigenvalue weighted by Crippen LogP contribution is 2.42. The Morgan fingerprint density at radius 2 is 0.736 bits per heavy atom. The van der Waals surface area contributed by atoms with Crippen molar-refractivity contribution in [3.05, 3.63) is 170 Å². The first-order chi connectivity index (χ1) is 61.8. The number of likely N-dealkylation sites (N-methyl/N-ethyl adjacent to an activating group) is 4. The second-order valence-corrected chi connectivity index (χ2v) is 46.0. The number of ether oxygens (including phenoxy) is 9. The number of phenolic OH excluding ortho intramolecular Hbond substituents is 1. The number of anilines is 4. The van der Waals surface area contributed by atoms with Gasteiger partial charge in [0.1, 0.15) is 69.2 Å². The average molecular weight is 1790 g/mol. The van der Waals surface area contributed by atoms with Gasteiger partial charge in [-0.15, -0.1) is 0 Å². The van der Waals surface area contributed by atoms with Gasteiger partial charge in [-0.05, 0) is 203 Å². The third kappa shape index (κ3) is 24.7. The number of fused-ring (bicyclic) bond motifs is 8. The SMILES string of the molecule is CCC(CO)O[Si](C)(C)C(C)(C)C.CCC(COc1ccc2nc(-c3cnc4c(c3)OCCN4C)ccc2c1)OC1CCCCO1.CCC(COc1ccc2nc(-c3cnc4c(c3)OCCN4C)ccc2c1)O[Si](C)(C)C(C)(C)C.CCC(O)COc1ccc2nc(-c3cnc4c(c3)OCCN4C)ccc2c1.CN1CCOc2cc(-c3ccc4cc(O)ccc4n3)cnc21. The summed E-state index contributed by atoms with van der Waals surface area (Å²) < 4.78 is 65.2. The summed E-state index contributed by atoms with van der Waals surface area (Å²) >= 11 is 0. The van der Waals surface area contributed by atoms with Crippen LogP contribution in [0.5, 0.6) is 46.0 Å². The van der Waals surface area contributed by atoms with E-state index in [1.165, 1.54) is 0 Å². The van der Waals surface area contributed by atoms with Crippen molar-refractivity contribution in [1.29, 1.82) is 0 Å². The number of aromatic nitrogens is 8. The Balaban J connectivity index is 0.000000142. The van der Waals surface area contributed by atoms with E-state index in [0.717, 1.165) is 223 Å². The summed E-state index contributed by atoms with van der Waals surface area (Å²) in [5.41, 5.74) is 10.7. The van der Waals surface area contributed by atoms with Gasteiger partial charge in [0.15, 0.2) is 69.2 Å². The lowest BCUT2D eigenvalue weighted by atomic mass is 10.1. The van der Waals surface area contributed by atoms with Crippen molar-refractivity contribution in [1.82, 2.24) is 39.9 Å². The predicted molar refractivity (Wildman–Crippen MR) is 520 cm³/mol. The zero-order valence-corrected chi connectivity index (χ0v) is 80.4. The lowest BCUT2D eigenvalue weighted by molar-refractivity contribution is -0.193. The fraction of sp³-hybridized carbons (Fsp3) is 0.446. The largest absolute Gasteiger partial charge is 0.508 e. The summed E-state index contributed by atoms with van der Waals surface area (Å²) in [7, 11) is 4.59. The molecule has 17 rings (SSSR count). The van der Waals surface area contributed by atoms with Crippen LogP contribution >= 0.6 is 0 Å². The van der Waals surface area contributed by atoms with Gasteiger partial charge in [0, 0.05) is 103 Å². The van der Waals surface area contributed by atoms with Gasteiger partial charge in [-0.2, -0.15) is 0 Å². The highest BCUT2D eigenvalue weighted by atomic mass is 28.4. The third-order valence-electron chi connectivity index (χ3n) is 24.7. The highest BCUT2D eigenvalue weighted by molar-refractivity contribution is 6.74. The standard InChI is InChI=1S/C27H37N3O3Si.C26H31N3O4.C21H23N3O3.C17H15N3O2.C10H24O2Si/c1-8-21(33-34(6,7)27(2,3)4)18-32-22-10-12-23-19(15-22)9-11-24(29-23)20-16-25-26(28-17-20)30(5)13-14-31-25;1-3-20(33-25-6-4-5-12-31-25)17-32-21-8-10-22-18(14-21)7-9-23(28-22)19-15-24-26(27-16-19)29(2)11-13-30-24;1-3-16(25)13-27-17-5-7-18-14(10-17)4-6-19(23-18)15-11-20-21(22-12-15)24(2)8-9-26-20;1-20-6-7-22-16-9-12(10-18-17(16)20)15-4-2-11-8-13(21)3-5-14(11)19-15;1-7-9(8-11)12-13(5,6)10(2,3)4/h9-12,15-17,21H,8,13-14,18H2,1-7H3;7-10,14-16,20,25H,3-6,11-13,17H2,1-2H3;4-7,10-12,16,25H,3,8-9,13H2,1-2H3;2-5,8-10,21H,6-7H2,1H3;9,11H,7-8H2,1-6H3. The number of pyridine rings is 8. The summed E-state index contributed by atoms with van der Waals surface area (Å²) in [5.74, 6) is 9.30. The minimum atomic E-state index is -1.83. The molecule has 686 valence electrons. The van der Waals surface area contributed by atoms with Crippen molar-refractivity contribution in [3.63, 3.8) is 0 Å². The van der Waals surface area contributed by atoms with Gasteiger partial charge < -0.3 is 86.4 Å². The van der Waals surface area contributed by atoms with Crippen LogP contribution in [-0.2, 0) is 18.3 Å². The smallest absolute Gasteiger partial charge is 0.192 e. The first kappa shape index (κ1) is 95.5. The fourth-order valence-electron chi connectivity index (χ4n) is 14.5. The molecule has 8 aromatic heterocycles. The van der Waals surface area contributed by atoms with E-state index < -0.39 is 22.7 Å². The van der Waals surface area contributed by atoms with Gasteiger partial charge in [-0.25, -0.2) is 39.9 Å². The Morgan fingerprint density at radius 3 is 1.06 bits per heavy atom.